The quantitative estimate of drug-likeness (QED) is 0.486. The van der Waals surface area contributed by atoms with Crippen LogP contribution in [-0.4, -0.2) is 41.1 Å². The third kappa shape index (κ3) is 4.53. The maximum Gasteiger partial charge on any atom is 0.191 e. The first-order valence-corrected chi connectivity index (χ1v) is 8.24. The van der Waals surface area contributed by atoms with Gasteiger partial charge in [0, 0.05) is 38.3 Å². The lowest BCUT2D eigenvalue weighted by Crippen LogP contribution is -2.38. The molecule has 6 heteroatoms. The van der Waals surface area contributed by atoms with Gasteiger partial charge in [0.2, 0.25) is 0 Å². The summed E-state index contributed by atoms with van der Waals surface area (Å²) >= 11 is 1.81. The van der Waals surface area contributed by atoms with E-state index in [2.05, 4.69) is 39.0 Å². The minimum atomic E-state index is 0.716. The van der Waals surface area contributed by atoms with E-state index >= 15 is 0 Å². The van der Waals surface area contributed by atoms with E-state index in [1.807, 2.05) is 41.0 Å². The number of thioether (sulfide) groups is 1. The molecule has 0 aliphatic carbocycles. The van der Waals surface area contributed by atoms with Crippen LogP contribution in [0.4, 0.5) is 0 Å². The fraction of sp³-hybridized carbons (Fsp3) is 0.333. The SMILES string of the molecule is CN=C(NCCSC)NCc1ccccc1-n1ccnc1. The first kappa shape index (κ1) is 15.4. The first-order valence-electron chi connectivity index (χ1n) is 6.85. The van der Waals surface area contributed by atoms with Gasteiger partial charge in [-0.2, -0.15) is 11.8 Å². The number of imidazole rings is 1. The van der Waals surface area contributed by atoms with E-state index in [4.69, 9.17) is 0 Å². The molecule has 0 spiro atoms. The Hall–Kier alpha value is -1.95. The largest absolute Gasteiger partial charge is 0.356 e. The van der Waals surface area contributed by atoms with Gasteiger partial charge < -0.3 is 15.2 Å². The van der Waals surface area contributed by atoms with Crippen LogP contribution in [0.15, 0.2) is 48.0 Å². The number of hydrogen-bond donors (Lipinski definition) is 2. The zero-order valence-electron chi connectivity index (χ0n) is 12.4. The number of aromatic nitrogens is 2. The molecule has 0 amide bonds. The molecule has 2 N–H and O–H groups in total. The Morgan fingerprint density at radius 1 is 1.33 bits per heavy atom. The van der Waals surface area contributed by atoms with Crippen molar-refractivity contribution in [1.82, 2.24) is 20.2 Å². The van der Waals surface area contributed by atoms with Crippen molar-refractivity contribution in [3.05, 3.63) is 48.5 Å². The van der Waals surface area contributed by atoms with Gasteiger partial charge in [0.1, 0.15) is 0 Å². The molecule has 21 heavy (non-hydrogen) atoms. The Balaban J connectivity index is 2.00. The molecule has 0 fully saturated rings. The standard InChI is InChI=1S/C15H21N5S/c1-16-15(18-8-10-21-2)19-11-13-5-3-4-6-14(13)20-9-7-17-12-20/h3-7,9,12H,8,10-11H2,1-2H3,(H2,16,18,19). The molecule has 2 rings (SSSR count). The number of benzene rings is 1. The Kier molecular flexibility index (Phi) is 6.15. The Morgan fingerprint density at radius 3 is 2.90 bits per heavy atom. The van der Waals surface area contributed by atoms with Gasteiger partial charge in [-0.25, -0.2) is 4.98 Å². The van der Waals surface area contributed by atoms with Gasteiger partial charge >= 0.3 is 0 Å². The van der Waals surface area contributed by atoms with Crippen LogP contribution in [0, 0.1) is 0 Å². The second-order valence-electron chi connectivity index (χ2n) is 4.44. The van der Waals surface area contributed by atoms with Crippen LogP contribution in [-0.2, 0) is 6.54 Å². The zero-order chi connectivity index (χ0) is 14.9. The molecule has 0 atom stereocenters. The van der Waals surface area contributed by atoms with E-state index in [-0.39, 0.29) is 0 Å². The summed E-state index contributed by atoms with van der Waals surface area (Å²) in [6, 6.07) is 8.27. The molecule has 0 saturated heterocycles. The summed E-state index contributed by atoms with van der Waals surface area (Å²) in [5, 5.41) is 6.64. The summed E-state index contributed by atoms with van der Waals surface area (Å²) in [6.45, 7) is 1.62. The van der Waals surface area contributed by atoms with Crippen LogP contribution in [0.2, 0.25) is 0 Å². The van der Waals surface area contributed by atoms with E-state index in [0.717, 1.165) is 23.9 Å². The number of rotatable bonds is 6. The van der Waals surface area contributed by atoms with Crippen LogP contribution in [0.25, 0.3) is 5.69 Å². The molecule has 112 valence electrons. The predicted molar refractivity (Wildman–Crippen MR) is 90.1 cm³/mol. The van der Waals surface area contributed by atoms with Gasteiger partial charge in [0.25, 0.3) is 0 Å². The highest BCUT2D eigenvalue weighted by Gasteiger charge is 2.04. The number of aliphatic imine (C=N–C) groups is 1. The summed E-state index contributed by atoms with van der Waals surface area (Å²) in [7, 11) is 1.79. The average molecular weight is 303 g/mol. The lowest BCUT2D eigenvalue weighted by Gasteiger charge is -2.14. The molecule has 0 unspecified atom stereocenters. The van der Waals surface area contributed by atoms with Gasteiger partial charge in [-0.1, -0.05) is 18.2 Å². The molecular weight excluding hydrogens is 282 g/mol. The number of nitrogens with zero attached hydrogens (tertiary/aromatic N) is 3. The fourth-order valence-corrected chi connectivity index (χ4v) is 2.29. The maximum atomic E-state index is 4.23. The van der Waals surface area contributed by atoms with Crippen molar-refractivity contribution in [2.75, 3.05) is 25.6 Å². The highest BCUT2D eigenvalue weighted by atomic mass is 32.2. The number of hydrogen-bond acceptors (Lipinski definition) is 3. The van der Waals surface area contributed by atoms with Crippen molar-refractivity contribution in [2.45, 2.75) is 6.54 Å². The van der Waals surface area contributed by atoms with Gasteiger partial charge in [0.05, 0.1) is 12.0 Å². The van der Waals surface area contributed by atoms with Crippen molar-refractivity contribution < 1.29 is 0 Å². The molecule has 1 aromatic heterocycles. The summed E-state index contributed by atoms with van der Waals surface area (Å²) < 4.78 is 2.01. The number of para-hydroxylation sites is 1. The molecule has 2 aromatic rings. The molecule has 0 radical (unpaired) electrons. The molecule has 1 heterocycles. The Labute approximate surface area is 129 Å². The number of guanidine groups is 1. The average Bonchev–Trinajstić information content (AvgIpc) is 3.05. The highest BCUT2D eigenvalue weighted by molar-refractivity contribution is 7.98. The lowest BCUT2D eigenvalue weighted by molar-refractivity contribution is 0.825. The zero-order valence-corrected chi connectivity index (χ0v) is 13.2. The maximum absolute atomic E-state index is 4.23. The smallest absolute Gasteiger partial charge is 0.191 e. The Morgan fingerprint density at radius 2 is 2.19 bits per heavy atom. The second-order valence-corrected chi connectivity index (χ2v) is 5.43. The van der Waals surface area contributed by atoms with E-state index in [1.165, 1.54) is 5.56 Å². The van der Waals surface area contributed by atoms with Crippen LogP contribution in [0.1, 0.15) is 5.56 Å². The van der Waals surface area contributed by atoms with Crippen LogP contribution in [0.3, 0.4) is 0 Å². The minimum absolute atomic E-state index is 0.716. The molecule has 0 aliphatic rings. The van der Waals surface area contributed by atoms with E-state index in [9.17, 15) is 0 Å². The predicted octanol–water partition coefficient (Wildman–Crippen LogP) is 1.90. The molecule has 0 bridgehead atoms. The van der Waals surface area contributed by atoms with Crippen molar-refractivity contribution in [1.29, 1.82) is 0 Å². The fourth-order valence-electron chi connectivity index (χ4n) is 1.98. The van der Waals surface area contributed by atoms with E-state index < -0.39 is 0 Å². The molecule has 0 aliphatic heterocycles. The molecule has 0 saturated carbocycles. The summed E-state index contributed by atoms with van der Waals surface area (Å²) in [5.74, 6) is 1.89. The lowest BCUT2D eigenvalue weighted by atomic mass is 10.1. The molecule has 1 aromatic carbocycles. The van der Waals surface area contributed by atoms with Crippen LogP contribution < -0.4 is 10.6 Å². The summed E-state index contributed by atoms with van der Waals surface area (Å²) in [6.07, 6.45) is 7.64. The monoisotopic (exact) mass is 303 g/mol. The third-order valence-electron chi connectivity index (χ3n) is 3.04. The summed E-state index contributed by atoms with van der Waals surface area (Å²) in [4.78, 5) is 8.34. The van der Waals surface area contributed by atoms with E-state index in [1.54, 1.807) is 13.2 Å². The van der Waals surface area contributed by atoms with Gasteiger partial charge in [0.15, 0.2) is 5.96 Å². The summed E-state index contributed by atoms with van der Waals surface area (Å²) in [5.41, 5.74) is 2.32. The van der Waals surface area contributed by atoms with Crippen molar-refractivity contribution in [3.8, 4) is 5.69 Å². The first-order chi connectivity index (χ1) is 10.3. The van der Waals surface area contributed by atoms with Crippen molar-refractivity contribution in [2.24, 2.45) is 4.99 Å². The van der Waals surface area contributed by atoms with Crippen LogP contribution in [0.5, 0.6) is 0 Å². The Bertz CT molecular complexity index is 565. The second kappa shape index (κ2) is 8.36. The normalized spacial score (nSPS) is 11.4. The topological polar surface area (TPSA) is 54.2 Å². The molecule has 5 nitrogen and oxygen atoms in total. The third-order valence-corrected chi connectivity index (χ3v) is 3.66. The van der Waals surface area contributed by atoms with Crippen LogP contribution >= 0.6 is 11.8 Å². The highest BCUT2D eigenvalue weighted by Crippen LogP contribution is 2.13. The minimum Gasteiger partial charge on any atom is -0.356 e. The van der Waals surface area contributed by atoms with Crippen molar-refractivity contribution >= 4 is 17.7 Å². The van der Waals surface area contributed by atoms with Gasteiger partial charge in [-0.05, 0) is 17.9 Å². The van der Waals surface area contributed by atoms with Crippen molar-refractivity contribution in [3.63, 3.8) is 0 Å². The van der Waals surface area contributed by atoms with E-state index in [0.29, 0.717) is 6.54 Å². The molecular formula is C15H21N5S. The number of nitrogens with one attached hydrogen (secondary N) is 2. The van der Waals surface area contributed by atoms with Gasteiger partial charge in [-0.3, -0.25) is 4.99 Å². The van der Waals surface area contributed by atoms with Gasteiger partial charge in [-0.15, -0.1) is 0 Å².